The smallest absolute Gasteiger partial charge is 0.216 e. The molecule has 4 rings (SSSR count). The van der Waals surface area contributed by atoms with Crippen molar-refractivity contribution < 1.29 is 9.47 Å². The summed E-state index contributed by atoms with van der Waals surface area (Å²) in [7, 11) is 1.65. The first kappa shape index (κ1) is 15.0. The van der Waals surface area contributed by atoms with Crippen molar-refractivity contribution in [2.24, 2.45) is 4.99 Å². The fourth-order valence-electron chi connectivity index (χ4n) is 2.50. The Kier molecular flexibility index (Phi) is 4.08. The molecule has 1 aliphatic heterocycles. The first-order chi connectivity index (χ1) is 11.8. The average molecular weight is 340 g/mol. The molecular weight excluding hydrogens is 324 g/mol. The van der Waals surface area contributed by atoms with Crippen LogP contribution in [-0.2, 0) is 10.5 Å². The van der Waals surface area contributed by atoms with Gasteiger partial charge in [-0.1, -0.05) is 11.8 Å². The van der Waals surface area contributed by atoms with Gasteiger partial charge >= 0.3 is 0 Å². The van der Waals surface area contributed by atoms with Crippen LogP contribution >= 0.6 is 11.8 Å². The van der Waals surface area contributed by atoms with Crippen LogP contribution in [0.3, 0.4) is 0 Å². The molecule has 0 atom stereocenters. The Morgan fingerprint density at radius 2 is 2.25 bits per heavy atom. The van der Waals surface area contributed by atoms with Crippen LogP contribution in [0.15, 0.2) is 46.7 Å². The summed E-state index contributed by atoms with van der Waals surface area (Å²) in [4.78, 5) is 16.6. The average Bonchev–Trinajstić information content (AvgIpc) is 3.28. The molecule has 24 heavy (non-hydrogen) atoms. The highest BCUT2D eigenvalue weighted by Crippen LogP contribution is 2.24. The minimum Gasteiger partial charge on any atom is -0.497 e. The fourth-order valence-corrected chi connectivity index (χ4v) is 3.29. The number of hydrogen-bond acceptors (Lipinski definition) is 6. The minimum absolute atomic E-state index is 0.658. The van der Waals surface area contributed by atoms with Gasteiger partial charge in [0.25, 0.3) is 0 Å². The Bertz CT molecular complexity index is 906. The number of fused-ring (bicyclic) bond motifs is 1. The minimum atomic E-state index is 0.658. The van der Waals surface area contributed by atoms with E-state index in [-0.39, 0.29) is 0 Å². The van der Waals surface area contributed by atoms with Crippen LogP contribution in [0.5, 0.6) is 5.75 Å². The zero-order chi connectivity index (χ0) is 16.4. The molecule has 7 heteroatoms. The molecule has 0 unspecified atom stereocenters. The van der Waals surface area contributed by atoms with Gasteiger partial charge in [0.15, 0.2) is 5.16 Å². The van der Waals surface area contributed by atoms with E-state index < -0.39 is 0 Å². The maximum atomic E-state index is 5.51. The molecular formula is C17H16N4O2S. The number of thioether (sulfide) groups is 1. The summed E-state index contributed by atoms with van der Waals surface area (Å²) < 4.78 is 10.7. The maximum Gasteiger partial charge on any atom is 0.216 e. The van der Waals surface area contributed by atoms with Crippen molar-refractivity contribution >= 4 is 28.7 Å². The number of methoxy groups -OCH3 is 1. The van der Waals surface area contributed by atoms with E-state index in [1.54, 1.807) is 25.1 Å². The highest BCUT2D eigenvalue weighted by atomic mass is 32.2. The molecule has 0 saturated carbocycles. The van der Waals surface area contributed by atoms with Gasteiger partial charge in [-0.25, -0.2) is 9.98 Å². The van der Waals surface area contributed by atoms with Gasteiger partial charge < -0.3 is 14.5 Å². The van der Waals surface area contributed by atoms with Gasteiger partial charge in [-0.15, -0.1) is 0 Å². The van der Waals surface area contributed by atoms with E-state index in [2.05, 4.69) is 19.9 Å². The van der Waals surface area contributed by atoms with E-state index in [4.69, 9.17) is 9.47 Å². The summed E-state index contributed by atoms with van der Waals surface area (Å²) in [6.07, 6.45) is 1.75. The molecule has 6 nitrogen and oxygen atoms in total. The summed E-state index contributed by atoms with van der Waals surface area (Å²) in [5.41, 5.74) is 3.84. The third-order valence-electron chi connectivity index (χ3n) is 3.67. The van der Waals surface area contributed by atoms with Crippen molar-refractivity contribution in [3.05, 3.63) is 47.8 Å². The summed E-state index contributed by atoms with van der Waals surface area (Å²) in [6, 6.07) is 9.78. The molecule has 3 heterocycles. The number of pyridine rings is 1. The van der Waals surface area contributed by atoms with Crippen molar-refractivity contribution in [3.8, 4) is 5.75 Å². The Labute approximate surface area is 143 Å². The van der Waals surface area contributed by atoms with Crippen molar-refractivity contribution in [1.82, 2.24) is 15.0 Å². The molecule has 122 valence electrons. The third kappa shape index (κ3) is 3.07. The quantitative estimate of drug-likeness (QED) is 0.723. The highest BCUT2D eigenvalue weighted by Gasteiger charge is 2.12. The molecule has 1 aromatic carbocycles. The lowest BCUT2D eigenvalue weighted by molar-refractivity contribution is 0.348. The van der Waals surface area contributed by atoms with E-state index >= 15 is 0 Å². The molecule has 3 aromatic rings. The van der Waals surface area contributed by atoms with E-state index in [0.29, 0.717) is 12.5 Å². The second-order valence-electron chi connectivity index (χ2n) is 5.28. The van der Waals surface area contributed by atoms with Gasteiger partial charge in [0.1, 0.15) is 12.4 Å². The predicted octanol–water partition coefficient (Wildman–Crippen LogP) is 3.04. The number of aromatic nitrogens is 3. The second-order valence-corrected chi connectivity index (χ2v) is 6.25. The SMILES string of the molecule is COc1ccnc(CSc2nc3ccc(C4=NCCO4)cc3[nH]2)c1. The molecule has 0 amide bonds. The molecule has 2 aromatic heterocycles. The fraction of sp³-hybridized carbons (Fsp3) is 0.235. The number of imidazole rings is 1. The Hall–Kier alpha value is -2.54. The Morgan fingerprint density at radius 3 is 3.08 bits per heavy atom. The normalized spacial score (nSPS) is 13.8. The zero-order valence-electron chi connectivity index (χ0n) is 13.2. The number of hydrogen-bond donors (Lipinski definition) is 1. The maximum absolute atomic E-state index is 5.51. The third-order valence-corrected chi connectivity index (χ3v) is 4.58. The lowest BCUT2D eigenvalue weighted by Crippen LogP contribution is -2.00. The second kappa shape index (κ2) is 6.52. The summed E-state index contributed by atoms with van der Waals surface area (Å²) in [6.45, 7) is 1.38. The van der Waals surface area contributed by atoms with E-state index in [0.717, 1.165) is 45.5 Å². The zero-order valence-corrected chi connectivity index (χ0v) is 14.0. The molecule has 1 aliphatic rings. The van der Waals surface area contributed by atoms with Gasteiger partial charge in [0.2, 0.25) is 5.90 Å². The number of rotatable bonds is 5. The number of benzene rings is 1. The molecule has 0 bridgehead atoms. The molecule has 0 aliphatic carbocycles. The molecule has 0 spiro atoms. The van der Waals surface area contributed by atoms with Crippen LogP contribution in [0.2, 0.25) is 0 Å². The van der Waals surface area contributed by atoms with Crippen LogP contribution in [0.4, 0.5) is 0 Å². The number of ether oxygens (including phenoxy) is 2. The van der Waals surface area contributed by atoms with Gasteiger partial charge in [-0.05, 0) is 24.3 Å². The molecule has 0 saturated heterocycles. The summed E-state index contributed by atoms with van der Waals surface area (Å²) in [5.74, 6) is 2.24. The Morgan fingerprint density at radius 1 is 1.29 bits per heavy atom. The van der Waals surface area contributed by atoms with Gasteiger partial charge in [0, 0.05) is 23.6 Å². The van der Waals surface area contributed by atoms with Gasteiger partial charge in [0.05, 0.1) is 30.4 Å². The van der Waals surface area contributed by atoms with Crippen molar-refractivity contribution in [3.63, 3.8) is 0 Å². The van der Waals surface area contributed by atoms with Crippen LogP contribution in [-0.4, -0.2) is 41.1 Å². The Balaban J connectivity index is 1.52. The highest BCUT2D eigenvalue weighted by molar-refractivity contribution is 7.98. The van der Waals surface area contributed by atoms with Crippen molar-refractivity contribution in [2.75, 3.05) is 20.3 Å². The van der Waals surface area contributed by atoms with E-state index in [1.165, 1.54) is 0 Å². The predicted molar refractivity (Wildman–Crippen MR) is 93.8 cm³/mol. The summed E-state index contributed by atoms with van der Waals surface area (Å²) in [5, 5.41) is 0.862. The first-order valence-electron chi connectivity index (χ1n) is 7.61. The van der Waals surface area contributed by atoms with Crippen LogP contribution in [0.25, 0.3) is 11.0 Å². The van der Waals surface area contributed by atoms with E-state index in [1.807, 2.05) is 30.3 Å². The van der Waals surface area contributed by atoms with E-state index in [9.17, 15) is 0 Å². The number of nitrogens with zero attached hydrogens (tertiary/aromatic N) is 3. The molecule has 1 N–H and O–H groups in total. The summed E-state index contributed by atoms with van der Waals surface area (Å²) >= 11 is 1.61. The number of H-pyrrole nitrogens is 1. The van der Waals surface area contributed by atoms with Gasteiger partial charge in [-0.2, -0.15) is 0 Å². The topological polar surface area (TPSA) is 72.4 Å². The van der Waals surface area contributed by atoms with Crippen molar-refractivity contribution in [1.29, 1.82) is 0 Å². The van der Waals surface area contributed by atoms with Crippen LogP contribution < -0.4 is 4.74 Å². The van der Waals surface area contributed by atoms with Crippen LogP contribution in [0.1, 0.15) is 11.3 Å². The van der Waals surface area contributed by atoms with Crippen LogP contribution in [0, 0.1) is 0 Å². The molecule has 0 fully saturated rings. The number of aromatic amines is 1. The number of nitrogens with one attached hydrogen (secondary N) is 1. The lowest BCUT2D eigenvalue weighted by Gasteiger charge is -2.02. The van der Waals surface area contributed by atoms with Gasteiger partial charge in [-0.3, -0.25) is 4.98 Å². The standard InChI is InChI=1S/C17H16N4O2S/c1-22-13-4-5-18-12(9-13)10-24-17-20-14-3-2-11(8-15(14)21-17)16-19-6-7-23-16/h2-5,8-9H,6-7,10H2,1H3,(H,20,21). The lowest BCUT2D eigenvalue weighted by atomic mass is 10.2. The molecule has 0 radical (unpaired) electrons. The monoisotopic (exact) mass is 340 g/mol. The first-order valence-corrected chi connectivity index (χ1v) is 8.59. The number of aliphatic imine (C=N–C) groups is 1. The largest absolute Gasteiger partial charge is 0.497 e. The van der Waals surface area contributed by atoms with Crippen molar-refractivity contribution in [2.45, 2.75) is 10.9 Å².